The van der Waals surface area contributed by atoms with Gasteiger partial charge in [0, 0.05) is 26.0 Å². The lowest BCUT2D eigenvalue weighted by Gasteiger charge is -2.24. The molecule has 1 N–H and O–H groups in total. The molecular weight excluding hydrogens is 283 g/mol. The van der Waals surface area contributed by atoms with E-state index in [1.807, 2.05) is 31.7 Å². The van der Waals surface area contributed by atoms with Crippen molar-refractivity contribution >= 4 is 6.03 Å². The van der Waals surface area contributed by atoms with Gasteiger partial charge in [0.1, 0.15) is 11.6 Å². The van der Waals surface area contributed by atoms with E-state index in [1.54, 1.807) is 23.2 Å². The Morgan fingerprint density at radius 3 is 2.64 bits per heavy atom. The van der Waals surface area contributed by atoms with Crippen LogP contribution in [0.5, 0.6) is 0 Å². The van der Waals surface area contributed by atoms with Gasteiger partial charge in [-0.2, -0.15) is 0 Å². The molecule has 1 aromatic heterocycles. The zero-order valence-electron chi connectivity index (χ0n) is 13.1. The van der Waals surface area contributed by atoms with Crippen LogP contribution in [-0.4, -0.2) is 27.0 Å². The number of aromatic nitrogens is 2. The Morgan fingerprint density at radius 2 is 2.09 bits per heavy atom. The van der Waals surface area contributed by atoms with Crippen LogP contribution in [-0.2, 0) is 13.6 Å². The summed E-state index contributed by atoms with van der Waals surface area (Å²) in [6, 6.07) is 5.78. The monoisotopic (exact) mass is 304 g/mol. The number of halogens is 1. The highest BCUT2D eigenvalue weighted by Gasteiger charge is 2.17. The highest BCUT2D eigenvalue weighted by molar-refractivity contribution is 5.74. The Hall–Kier alpha value is -2.37. The molecule has 1 aromatic carbocycles. The molecule has 0 saturated heterocycles. The van der Waals surface area contributed by atoms with Crippen molar-refractivity contribution in [1.82, 2.24) is 19.8 Å². The summed E-state index contributed by atoms with van der Waals surface area (Å²) in [6.07, 6.45) is 3.56. The second kappa shape index (κ2) is 7.06. The van der Waals surface area contributed by atoms with E-state index < -0.39 is 0 Å². The topological polar surface area (TPSA) is 50.2 Å². The summed E-state index contributed by atoms with van der Waals surface area (Å²) in [5.41, 5.74) is 0.864. The second-order valence-corrected chi connectivity index (χ2v) is 5.19. The fourth-order valence-electron chi connectivity index (χ4n) is 2.16. The lowest BCUT2D eigenvalue weighted by molar-refractivity contribution is 0.193. The van der Waals surface area contributed by atoms with Gasteiger partial charge in [-0.25, -0.2) is 14.2 Å². The van der Waals surface area contributed by atoms with Gasteiger partial charge < -0.3 is 14.8 Å². The van der Waals surface area contributed by atoms with Crippen LogP contribution in [0.3, 0.4) is 0 Å². The molecule has 1 unspecified atom stereocenters. The average Bonchev–Trinajstić information content (AvgIpc) is 2.90. The average molecular weight is 304 g/mol. The van der Waals surface area contributed by atoms with Gasteiger partial charge in [-0.05, 0) is 31.5 Å². The molecule has 1 atom stereocenters. The smallest absolute Gasteiger partial charge is 0.318 e. The first-order valence-corrected chi connectivity index (χ1v) is 7.28. The van der Waals surface area contributed by atoms with Crippen LogP contribution in [0.1, 0.15) is 31.3 Å². The molecule has 0 radical (unpaired) electrons. The number of nitrogens with one attached hydrogen (secondary N) is 1. The highest BCUT2D eigenvalue weighted by atomic mass is 19.1. The zero-order chi connectivity index (χ0) is 16.1. The number of nitrogens with zero attached hydrogens (tertiary/aromatic N) is 3. The van der Waals surface area contributed by atoms with Crippen molar-refractivity contribution in [3.8, 4) is 0 Å². The van der Waals surface area contributed by atoms with Crippen LogP contribution < -0.4 is 5.32 Å². The summed E-state index contributed by atoms with van der Waals surface area (Å²) in [6.45, 7) is 4.82. The van der Waals surface area contributed by atoms with Crippen LogP contribution in [0.15, 0.2) is 36.7 Å². The van der Waals surface area contributed by atoms with Gasteiger partial charge in [0.05, 0.1) is 12.6 Å². The third-order valence-corrected chi connectivity index (χ3v) is 3.63. The Balaban J connectivity index is 1.99. The SMILES string of the molecule is CCN(Cc1nccn1C)C(=O)NC(C)c1ccc(F)cc1. The predicted octanol–water partition coefficient (Wildman–Crippen LogP) is 2.85. The van der Waals surface area contributed by atoms with Gasteiger partial charge in [-0.1, -0.05) is 12.1 Å². The molecule has 2 rings (SSSR count). The lowest BCUT2D eigenvalue weighted by Crippen LogP contribution is -2.41. The molecule has 2 amide bonds. The van der Waals surface area contributed by atoms with Crippen LogP contribution in [0.25, 0.3) is 0 Å². The number of benzene rings is 1. The molecule has 0 aliphatic carbocycles. The van der Waals surface area contributed by atoms with Gasteiger partial charge in [0.15, 0.2) is 0 Å². The van der Waals surface area contributed by atoms with Crippen molar-refractivity contribution in [2.24, 2.45) is 7.05 Å². The molecule has 0 saturated carbocycles. The van der Waals surface area contributed by atoms with Crippen LogP contribution in [0.2, 0.25) is 0 Å². The van der Waals surface area contributed by atoms with E-state index in [1.165, 1.54) is 12.1 Å². The summed E-state index contributed by atoms with van der Waals surface area (Å²) in [4.78, 5) is 18.3. The van der Waals surface area contributed by atoms with Crippen molar-refractivity contribution in [3.05, 3.63) is 53.9 Å². The maximum absolute atomic E-state index is 12.9. The van der Waals surface area contributed by atoms with Crippen molar-refractivity contribution in [1.29, 1.82) is 0 Å². The standard InChI is InChI=1S/C16H21FN4O/c1-4-21(11-15-18-9-10-20(15)3)16(22)19-12(2)13-5-7-14(17)8-6-13/h5-10,12H,4,11H2,1-3H3,(H,19,22). The zero-order valence-corrected chi connectivity index (χ0v) is 13.1. The number of hydrogen-bond donors (Lipinski definition) is 1. The van der Waals surface area contributed by atoms with E-state index >= 15 is 0 Å². The number of urea groups is 1. The molecular formula is C16H21FN4O. The molecule has 0 fully saturated rings. The molecule has 5 nitrogen and oxygen atoms in total. The lowest BCUT2D eigenvalue weighted by atomic mass is 10.1. The van der Waals surface area contributed by atoms with E-state index in [0.29, 0.717) is 13.1 Å². The molecule has 6 heteroatoms. The fraction of sp³-hybridized carbons (Fsp3) is 0.375. The summed E-state index contributed by atoms with van der Waals surface area (Å²) in [5, 5.41) is 2.93. The van der Waals surface area contributed by atoms with E-state index in [-0.39, 0.29) is 17.9 Å². The first-order chi connectivity index (χ1) is 10.5. The maximum Gasteiger partial charge on any atom is 0.318 e. The number of aryl methyl sites for hydroxylation is 1. The summed E-state index contributed by atoms with van der Waals surface area (Å²) in [5.74, 6) is 0.540. The molecule has 118 valence electrons. The Kier molecular flexibility index (Phi) is 5.14. The molecule has 1 heterocycles. The molecule has 2 aromatic rings. The molecule has 0 aliphatic rings. The van der Waals surface area contributed by atoms with Gasteiger partial charge in [-0.15, -0.1) is 0 Å². The minimum atomic E-state index is -0.285. The van der Waals surface area contributed by atoms with Gasteiger partial charge >= 0.3 is 6.03 Å². The summed E-state index contributed by atoms with van der Waals surface area (Å²) >= 11 is 0. The van der Waals surface area contributed by atoms with E-state index in [2.05, 4.69) is 10.3 Å². The third-order valence-electron chi connectivity index (χ3n) is 3.63. The number of carbonyl (C=O) groups excluding carboxylic acids is 1. The van der Waals surface area contributed by atoms with Crippen molar-refractivity contribution in [2.45, 2.75) is 26.4 Å². The Labute approximate surface area is 129 Å². The summed E-state index contributed by atoms with van der Waals surface area (Å²) < 4.78 is 14.8. The highest BCUT2D eigenvalue weighted by Crippen LogP contribution is 2.13. The first-order valence-electron chi connectivity index (χ1n) is 7.28. The van der Waals surface area contributed by atoms with Crippen molar-refractivity contribution < 1.29 is 9.18 Å². The normalized spacial score (nSPS) is 12.0. The Morgan fingerprint density at radius 1 is 1.41 bits per heavy atom. The molecule has 22 heavy (non-hydrogen) atoms. The van der Waals surface area contributed by atoms with Crippen LogP contribution in [0, 0.1) is 5.82 Å². The largest absolute Gasteiger partial charge is 0.337 e. The number of imidazole rings is 1. The maximum atomic E-state index is 12.9. The quantitative estimate of drug-likeness (QED) is 0.923. The van der Waals surface area contributed by atoms with Gasteiger partial charge in [0.2, 0.25) is 0 Å². The number of amides is 2. The number of hydrogen-bond acceptors (Lipinski definition) is 2. The van der Waals surface area contributed by atoms with E-state index in [9.17, 15) is 9.18 Å². The molecule has 0 bridgehead atoms. The Bertz CT molecular complexity index is 623. The first kappa shape index (κ1) is 16.0. The van der Waals surface area contributed by atoms with Crippen molar-refractivity contribution in [3.63, 3.8) is 0 Å². The van der Waals surface area contributed by atoms with Crippen LogP contribution in [0.4, 0.5) is 9.18 Å². The van der Waals surface area contributed by atoms with Gasteiger partial charge in [0.25, 0.3) is 0 Å². The predicted molar refractivity (Wildman–Crippen MR) is 82.6 cm³/mol. The second-order valence-electron chi connectivity index (χ2n) is 5.19. The number of rotatable bonds is 5. The van der Waals surface area contributed by atoms with Crippen molar-refractivity contribution in [2.75, 3.05) is 6.54 Å². The van der Waals surface area contributed by atoms with E-state index in [0.717, 1.165) is 11.4 Å². The summed E-state index contributed by atoms with van der Waals surface area (Å²) in [7, 11) is 1.90. The third kappa shape index (κ3) is 3.84. The molecule has 0 aliphatic heterocycles. The van der Waals surface area contributed by atoms with Crippen LogP contribution >= 0.6 is 0 Å². The molecule has 0 spiro atoms. The van der Waals surface area contributed by atoms with Gasteiger partial charge in [-0.3, -0.25) is 0 Å². The minimum absolute atomic E-state index is 0.165. The number of carbonyl (C=O) groups is 1. The minimum Gasteiger partial charge on any atom is -0.337 e. The van der Waals surface area contributed by atoms with E-state index in [4.69, 9.17) is 0 Å². The fourth-order valence-corrected chi connectivity index (χ4v) is 2.16.